The number of halogens is 2. The quantitative estimate of drug-likeness (QED) is 0.568. The van der Waals surface area contributed by atoms with Crippen molar-refractivity contribution in [1.82, 2.24) is 0 Å². The van der Waals surface area contributed by atoms with Gasteiger partial charge in [-0.1, -0.05) is 0 Å². The molecule has 126 valence electrons. The predicted molar refractivity (Wildman–Crippen MR) is 70.8 cm³/mol. The lowest BCUT2D eigenvalue weighted by molar-refractivity contribution is -0.172. The monoisotopic (exact) mass is 337 g/mol. The molecule has 4 fully saturated rings. The number of carbonyl (C=O) groups excluding carboxylic acids is 1. The highest BCUT2D eigenvalue weighted by atomic mass is 32.2. The summed E-state index contributed by atoms with van der Waals surface area (Å²) >= 11 is 0. The van der Waals surface area contributed by atoms with Gasteiger partial charge in [-0.2, -0.15) is 8.78 Å². The number of carbonyl (C=O) groups is 1. The Morgan fingerprint density at radius 1 is 1.14 bits per heavy atom. The molecule has 4 rings (SSSR count). The van der Waals surface area contributed by atoms with Crippen LogP contribution in [0.25, 0.3) is 0 Å². The Morgan fingerprint density at radius 2 is 1.59 bits per heavy atom. The average Bonchev–Trinajstić information content (AvgIpc) is 2.35. The van der Waals surface area contributed by atoms with E-state index in [1.54, 1.807) is 0 Å². The first-order valence-corrected chi connectivity index (χ1v) is 9.03. The first kappa shape index (κ1) is 16.1. The van der Waals surface area contributed by atoms with Gasteiger partial charge in [0.25, 0.3) is 0 Å². The van der Waals surface area contributed by atoms with Gasteiger partial charge in [0.2, 0.25) is 0 Å². The smallest absolute Gasteiger partial charge is 0.337 e. The van der Waals surface area contributed by atoms with E-state index in [0.29, 0.717) is 17.8 Å². The lowest BCUT2D eigenvalue weighted by Crippen LogP contribution is -2.50. The van der Waals surface area contributed by atoms with E-state index in [1.807, 2.05) is 0 Å². The minimum Gasteiger partial charge on any atom is -0.743 e. The van der Waals surface area contributed by atoms with E-state index >= 15 is 0 Å². The van der Waals surface area contributed by atoms with Crippen molar-refractivity contribution in [3.8, 4) is 0 Å². The zero-order valence-electron chi connectivity index (χ0n) is 12.1. The molecule has 0 amide bonds. The van der Waals surface area contributed by atoms with Crippen LogP contribution >= 0.6 is 0 Å². The van der Waals surface area contributed by atoms with Crippen LogP contribution in [0.2, 0.25) is 0 Å². The van der Waals surface area contributed by atoms with Gasteiger partial charge in [-0.05, 0) is 56.3 Å². The Morgan fingerprint density at radius 3 is 2.00 bits per heavy atom. The van der Waals surface area contributed by atoms with E-state index < -0.39 is 39.8 Å². The van der Waals surface area contributed by atoms with Crippen molar-refractivity contribution in [2.45, 2.75) is 50.2 Å². The van der Waals surface area contributed by atoms with Gasteiger partial charge in [0.15, 0.2) is 10.1 Å². The van der Waals surface area contributed by atoms with Crippen LogP contribution in [0.15, 0.2) is 0 Å². The van der Waals surface area contributed by atoms with Gasteiger partial charge in [-0.3, -0.25) is 4.79 Å². The number of esters is 1. The molecule has 0 saturated heterocycles. The molecular weight excluding hydrogens is 318 g/mol. The van der Waals surface area contributed by atoms with Crippen molar-refractivity contribution in [1.29, 1.82) is 0 Å². The number of rotatable bonds is 5. The molecule has 22 heavy (non-hydrogen) atoms. The first-order valence-electron chi connectivity index (χ1n) is 7.62. The van der Waals surface area contributed by atoms with Crippen LogP contribution in [0, 0.1) is 23.2 Å². The van der Waals surface area contributed by atoms with E-state index in [-0.39, 0.29) is 0 Å². The molecule has 0 spiro atoms. The molecule has 0 aliphatic heterocycles. The zero-order valence-corrected chi connectivity index (χ0v) is 12.9. The number of alkyl halides is 2. The summed E-state index contributed by atoms with van der Waals surface area (Å²) in [5.74, 6) is 1.05. The summed E-state index contributed by atoms with van der Waals surface area (Å²) in [7, 11) is -5.72. The van der Waals surface area contributed by atoms with Gasteiger partial charge in [-0.15, -0.1) is 0 Å². The predicted octanol–water partition coefficient (Wildman–Crippen LogP) is 2.27. The molecule has 0 N–H and O–H groups in total. The Hall–Kier alpha value is -0.760. The first-order chi connectivity index (χ1) is 10.1. The third-order valence-electron chi connectivity index (χ3n) is 5.46. The highest BCUT2D eigenvalue weighted by Gasteiger charge is 2.55. The molecule has 5 nitrogen and oxygen atoms in total. The second kappa shape index (κ2) is 5.12. The van der Waals surface area contributed by atoms with Gasteiger partial charge in [0, 0.05) is 0 Å². The van der Waals surface area contributed by atoms with Gasteiger partial charge in [-0.25, -0.2) is 8.42 Å². The minimum absolute atomic E-state index is 0.495. The fourth-order valence-electron chi connectivity index (χ4n) is 4.90. The van der Waals surface area contributed by atoms with Crippen molar-refractivity contribution in [3.05, 3.63) is 0 Å². The fourth-order valence-corrected chi connectivity index (χ4v) is 5.23. The molecule has 0 aromatic carbocycles. The molecular formula is C14H19F2O5S-. The molecule has 4 aliphatic carbocycles. The second-order valence-electron chi connectivity index (χ2n) is 7.18. The van der Waals surface area contributed by atoms with Gasteiger partial charge in [0.1, 0.15) is 0 Å². The SMILES string of the molecule is O=C(OCCC(F)(F)S(=O)(=O)[O-])C12CC3CC(CC(C3)C1)C2. The molecule has 0 aromatic rings. The lowest BCUT2D eigenvalue weighted by Gasteiger charge is -2.55. The Bertz CT molecular complexity index is 536. The molecule has 4 bridgehead atoms. The van der Waals surface area contributed by atoms with E-state index in [0.717, 1.165) is 38.5 Å². The highest BCUT2D eigenvalue weighted by Crippen LogP contribution is 2.60. The number of hydrogen-bond acceptors (Lipinski definition) is 5. The van der Waals surface area contributed by atoms with Gasteiger partial charge < -0.3 is 9.29 Å². The average molecular weight is 337 g/mol. The maximum atomic E-state index is 13.1. The van der Waals surface area contributed by atoms with E-state index in [2.05, 4.69) is 0 Å². The summed E-state index contributed by atoms with van der Waals surface area (Å²) in [6.07, 6.45) is 4.37. The maximum absolute atomic E-state index is 13.1. The van der Waals surface area contributed by atoms with Gasteiger partial charge in [0.05, 0.1) is 18.4 Å². The van der Waals surface area contributed by atoms with Gasteiger partial charge >= 0.3 is 11.2 Å². The van der Waals surface area contributed by atoms with Crippen molar-refractivity contribution in [2.75, 3.05) is 6.61 Å². The molecule has 8 heteroatoms. The second-order valence-corrected chi connectivity index (χ2v) is 8.68. The lowest BCUT2D eigenvalue weighted by atomic mass is 9.49. The zero-order chi connectivity index (χ0) is 16.2. The van der Waals surface area contributed by atoms with E-state index in [4.69, 9.17) is 4.74 Å². The third-order valence-corrected chi connectivity index (χ3v) is 6.40. The van der Waals surface area contributed by atoms with Crippen LogP contribution in [0.1, 0.15) is 44.9 Å². The summed E-state index contributed by atoms with van der Waals surface area (Å²) in [5, 5.41) is -4.39. The normalized spacial score (nSPS) is 37.3. The molecule has 0 unspecified atom stereocenters. The molecule has 4 aliphatic rings. The molecule has 0 atom stereocenters. The van der Waals surface area contributed by atoms with Crippen molar-refractivity contribution in [3.63, 3.8) is 0 Å². The standard InChI is InChI=1S/C14H20F2O5S/c15-14(16,22(18,19)20)1-2-21-12(17)13-6-9-3-10(7-13)5-11(4-9)8-13/h9-11H,1-8H2,(H,18,19,20)/p-1. The van der Waals surface area contributed by atoms with Crippen molar-refractivity contribution < 1.29 is 31.3 Å². The molecule has 0 radical (unpaired) electrons. The van der Waals surface area contributed by atoms with Crippen LogP contribution < -0.4 is 0 Å². The van der Waals surface area contributed by atoms with Crippen LogP contribution in [0.3, 0.4) is 0 Å². The summed E-state index contributed by atoms with van der Waals surface area (Å²) in [5.41, 5.74) is -0.569. The number of ether oxygens (including phenoxy) is 1. The van der Waals surface area contributed by atoms with Crippen LogP contribution in [0.5, 0.6) is 0 Å². The van der Waals surface area contributed by atoms with Crippen LogP contribution in [-0.4, -0.2) is 30.8 Å². The topological polar surface area (TPSA) is 83.5 Å². The molecule has 0 heterocycles. The minimum atomic E-state index is -5.72. The molecule has 4 saturated carbocycles. The van der Waals surface area contributed by atoms with Crippen molar-refractivity contribution in [2.24, 2.45) is 23.2 Å². The summed E-state index contributed by atoms with van der Waals surface area (Å²) in [4.78, 5) is 12.3. The summed E-state index contributed by atoms with van der Waals surface area (Å²) < 4.78 is 62.3. The van der Waals surface area contributed by atoms with Crippen LogP contribution in [-0.2, 0) is 19.6 Å². The summed E-state index contributed by atoms with van der Waals surface area (Å²) in [6, 6.07) is 0. The van der Waals surface area contributed by atoms with E-state index in [9.17, 15) is 26.5 Å². The highest BCUT2D eigenvalue weighted by molar-refractivity contribution is 7.86. The Labute approximate surface area is 128 Å². The third kappa shape index (κ3) is 2.75. The van der Waals surface area contributed by atoms with E-state index in [1.165, 1.54) is 0 Å². The largest absolute Gasteiger partial charge is 0.743 e. The summed E-state index contributed by atoms with van der Waals surface area (Å²) in [6.45, 7) is -0.741. The Kier molecular flexibility index (Phi) is 3.75. The van der Waals surface area contributed by atoms with Crippen molar-refractivity contribution >= 4 is 16.1 Å². The van der Waals surface area contributed by atoms with Crippen LogP contribution in [0.4, 0.5) is 8.78 Å². The number of hydrogen-bond donors (Lipinski definition) is 0. The Balaban J connectivity index is 1.59. The fraction of sp³-hybridized carbons (Fsp3) is 0.929. The maximum Gasteiger partial charge on any atom is 0.337 e. The molecule has 0 aromatic heterocycles.